The summed E-state index contributed by atoms with van der Waals surface area (Å²) >= 11 is 1.93. The van der Waals surface area contributed by atoms with Crippen LogP contribution < -0.4 is 5.73 Å². The molecule has 1 unspecified atom stereocenters. The van der Waals surface area contributed by atoms with E-state index in [1.807, 2.05) is 11.8 Å². The topological polar surface area (TPSA) is 26.0 Å². The van der Waals surface area contributed by atoms with Crippen LogP contribution in [0.2, 0.25) is 0 Å². The molecule has 0 saturated carbocycles. The molecular weight excluding hydrogens is 178 g/mol. The van der Waals surface area contributed by atoms with Gasteiger partial charge in [0.25, 0.3) is 0 Å². The van der Waals surface area contributed by atoms with Gasteiger partial charge in [-0.2, -0.15) is 11.8 Å². The number of aryl methyl sites for hydroxylation is 1. The van der Waals surface area contributed by atoms with Crippen molar-refractivity contribution in [1.82, 2.24) is 0 Å². The van der Waals surface area contributed by atoms with Gasteiger partial charge in [0.05, 0.1) is 0 Å². The molecule has 0 saturated heterocycles. The van der Waals surface area contributed by atoms with E-state index in [0.717, 1.165) is 12.2 Å². The summed E-state index contributed by atoms with van der Waals surface area (Å²) in [5, 5.41) is 0. The molecule has 0 fully saturated rings. The van der Waals surface area contributed by atoms with Gasteiger partial charge >= 0.3 is 0 Å². The minimum absolute atomic E-state index is 0.320. The highest BCUT2D eigenvalue weighted by atomic mass is 32.2. The molecule has 0 bridgehead atoms. The number of nitrogens with two attached hydrogens (primary N) is 1. The van der Waals surface area contributed by atoms with Crippen molar-refractivity contribution in [2.45, 2.75) is 19.4 Å². The second kappa shape index (κ2) is 6.06. The monoisotopic (exact) mass is 195 g/mol. The molecule has 72 valence electrons. The van der Waals surface area contributed by atoms with Crippen molar-refractivity contribution in [3.8, 4) is 0 Å². The SMILES string of the molecule is CC(N)CSCCc1ccccc1. The van der Waals surface area contributed by atoms with Gasteiger partial charge in [0.1, 0.15) is 0 Å². The van der Waals surface area contributed by atoms with Crippen LogP contribution in [-0.2, 0) is 6.42 Å². The van der Waals surface area contributed by atoms with E-state index in [1.165, 1.54) is 11.3 Å². The summed E-state index contributed by atoms with van der Waals surface area (Å²) in [5.74, 6) is 2.23. The highest BCUT2D eigenvalue weighted by molar-refractivity contribution is 7.99. The van der Waals surface area contributed by atoms with Crippen molar-refractivity contribution in [1.29, 1.82) is 0 Å². The molecule has 1 rings (SSSR count). The van der Waals surface area contributed by atoms with Crippen LogP contribution in [0.1, 0.15) is 12.5 Å². The first kappa shape index (κ1) is 10.6. The van der Waals surface area contributed by atoms with E-state index in [1.54, 1.807) is 0 Å². The average Bonchev–Trinajstić information content (AvgIpc) is 2.14. The summed E-state index contributed by atoms with van der Waals surface area (Å²) in [6, 6.07) is 10.9. The van der Waals surface area contributed by atoms with E-state index >= 15 is 0 Å². The Morgan fingerprint density at radius 3 is 2.62 bits per heavy atom. The third kappa shape index (κ3) is 4.96. The maximum atomic E-state index is 5.65. The molecule has 0 aromatic heterocycles. The first-order valence-corrected chi connectivity index (χ1v) is 5.82. The molecule has 13 heavy (non-hydrogen) atoms. The highest BCUT2D eigenvalue weighted by Gasteiger charge is 1.95. The number of hydrogen-bond acceptors (Lipinski definition) is 2. The number of thioether (sulfide) groups is 1. The van der Waals surface area contributed by atoms with Gasteiger partial charge in [-0.05, 0) is 24.7 Å². The predicted molar refractivity (Wildman–Crippen MR) is 61.1 cm³/mol. The Labute approximate surface area is 84.7 Å². The van der Waals surface area contributed by atoms with E-state index in [9.17, 15) is 0 Å². The molecular formula is C11H17NS. The molecule has 2 N–H and O–H groups in total. The standard InChI is InChI=1S/C11H17NS/c1-10(12)9-13-8-7-11-5-3-2-4-6-11/h2-6,10H,7-9,12H2,1H3. The molecule has 0 aliphatic heterocycles. The fourth-order valence-corrected chi connectivity index (χ4v) is 2.02. The Morgan fingerprint density at radius 1 is 1.31 bits per heavy atom. The van der Waals surface area contributed by atoms with Crippen molar-refractivity contribution in [2.75, 3.05) is 11.5 Å². The Hall–Kier alpha value is -0.470. The van der Waals surface area contributed by atoms with Crippen molar-refractivity contribution in [3.05, 3.63) is 35.9 Å². The highest BCUT2D eigenvalue weighted by Crippen LogP contribution is 2.07. The molecule has 0 aliphatic rings. The fourth-order valence-electron chi connectivity index (χ4n) is 1.10. The zero-order valence-electron chi connectivity index (χ0n) is 8.07. The Bertz CT molecular complexity index is 221. The molecule has 1 aromatic carbocycles. The summed E-state index contributed by atoms with van der Waals surface area (Å²) in [4.78, 5) is 0. The van der Waals surface area contributed by atoms with E-state index in [4.69, 9.17) is 5.73 Å². The van der Waals surface area contributed by atoms with Crippen LogP contribution in [0.3, 0.4) is 0 Å². The van der Waals surface area contributed by atoms with Crippen LogP contribution in [0.15, 0.2) is 30.3 Å². The maximum absolute atomic E-state index is 5.65. The minimum Gasteiger partial charge on any atom is -0.327 e. The van der Waals surface area contributed by atoms with Crippen molar-refractivity contribution < 1.29 is 0 Å². The minimum atomic E-state index is 0.320. The van der Waals surface area contributed by atoms with Gasteiger partial charge in [-0.3, -0.25) is 0 Å². The second-order valence-electron chi connectivity index (χ2n) is 3.29. The lowest BCUT2D eigenvalue weighted by Crippen LogP contribution is -2.17. The molecule has 2 heteroatoms. The van der Waals surface area contributed by atoms with Crippen molar-refractivity contribution in [2.24, 2.45) is 5.73 Å². The van der Waals surface area contributed by atoms with Crippen molar-refractivity contribution in [3.63, 3.8) is 0 Å². The van der Waals surface area contributed by atoms with E-state index in [-0.39, 0.29) is 0 Å². The van der Waals surface area contributed by atoms with Gasteiger partial charge in [-0.1, -0.05) is 30.3 Å². The molecule has 1 nitrogen and oxygen atoms in total. The summed E-state index contributed by atoms with van der Waals surface area (Å²) in [6.45, 7) is 2.05. The molecule has 1 aromatic rings. The van der Waals surface area contributed by atoms with Crippen LogP contribution in [-0.4, -0.2) is 17.5 Å². The average molecular weight is 195 g/mol. The lowest BCUT2D eigenvalue weighted by atomic mass is 10.2. The Morgan fingerprint density at radius 2 is 2.00 bits per heavy atom. The normalized spacial score (nSPS) is 12.8. The lowest BCUT2D eigenvalue weighted by molar-refractivity contribution is 0.846. The van der Waals surface area contributed by atoms with E-state index in [2.05, 4.69) is 37.3 Å². The van der Waals surface area contributed by atoms with Gasteiger partial charge in [0, 0.05) is 11.8 Å². The van der Waals surface area contributed by atoms with Crippen molar-refractivity contribution >= 4 is 11.8 Å². The fraction of sp³-hybridized carbons (Fsp3) is 0.455. The molecule has 0 aliphatic carbocycles. The Balaban J connectivity index is 2.13. The number of rotatable bonds is 5. The lowest BCUT2D eigenvalue weighted by Gasteiger charge is -2.04. The summed E-state index contributed by atoms with van der Waals surface area (Å²) in [5.41, 5.74) is 7.07. The second-order valence-corrected chi connectivity index (χ2v) is 4.44. The van der Waals surface area contributed by atoms with Gasteiger partial charge in [-0.15, -0.1) is 0 Å². The van der Waals surface area contributed by atoms with Crippen LogP contribution in [0, 0.1) is 0 Å². The molecule has 0 heterocycles. The molecule has 0 radical (unpaired) electrons. The van der Waals surface area contributed by atoms with Crippen LogP contribution >= 0.6 is 11.8 Å². The third-order valence-electron chi connectivity index (χ3n) is 1.76. The zero-order chi connectivity index (χ0) is 9.52. The molecule has 0 spiro atoms. The van der Waals surface area contributed by atoms with Gasteiger partial charge in [-0.25, -0.2) is 0 Å². The molecule has 0 amide bonds. The van der Waals surface area contributed by atoms with Gasteiger partial charge in [0.15, 0.2) is 0 Å². The first-order valence-electron chi connectivity index (χ1n) is 4.66. The summed E-state index contributed by atoms with van der Waals surface area (Å²) < 4.78 is 0. The largest absolute Gasteiger partial charge is 0.327 e. The number of hydrogen-bond donors (Lipinski definition) is 1. The van der Waals surface area contributed by atoms with Gasteiger partial charge < -0.3 is 5.73 Å². The maximum Gasteiger partial charge on any atom is 0.0101 e. The van der Waals surface area contributed by atoms with E-state index < -0.39 is 0 Å². The van der Waals surface area contributed by atoms with Crippen LogP contribution in [0.4, 0.5) is 0 Å². The van der Waals surface area contributed by atoms with Gasteiger partial charge in [0.2, 0.25) is 0 Å². The Kier molecular flexibility index (Phi) is 4.94. The molecule has 1 atom stereocenters. The zero-order valence-corrected chi connectivity index (χ0v) is 8.89. The summed E-state index contributed by atoms with van der Waals surface area (Å²) in [6.07, 6.45) is 1.15. The quantitative estimate of drug-likeness (QED) is 0.730. The van der Waals surface area contributed by atoms with Crippen LogP contribution in [0.5, 0.6) is 0 Å². The predicted octanol–water partition coefficient (Wildman–Crippen LogP) is 2.31. The first-order chi connectivity index (χ1) is 6.29. The summed E-state index contributed by atoms with van der Waals surface area (Å²) in [7, 11) is 0. The third-order valence-corrected chi connectivity index (χ3v) is 3.01. The van der Waals surface area contributed by atoms with E-state index in [0.29, 0.717) is 6.04 Å². The van der Waals surface area contributed by atoms with Crippen LogP contribution in [0.25, 0.3) is 0 Å². The number of benzene rings is 1. The smallest absolute Gasteiger partial charge is 0.0101 e.